The van der Waals surface area contributed by atoms with Crippen LogP contribution in [-0.2, 0) is 4.79 Å². The van der Waals surface area contributed by atoms with Crippen molar-refractivity contribution in [2.75, 3.05) is 7.11 Å². The van der Waals surface area contributed by atoms with Crippen molar-refractivity contribution in [1.82, 2.24) is 0 Å². The standard InChI is InChI=1S/C18H15FO4/c1-12(20)14-6-9-16(17(11-14)22-2)23-18(21)10-5-13-3-7-15(19)8-4-13/h3-11H,1-2H3/b10-5+. The van der Waals surface area contributed by atoms with Crippen molar-refractivity contribution < 1.29 is 23.5 Å². The van der Waals surface area contributed by atoms with Crippen molar-refractivity contribution >= 4 is 17.8 Å². The molecule has 0 N–H and O–H groups in total. The fraction of sp³-hybridized carbons (Fsp3) is 0.111. The number of rotatable bonds is 5. The molecule has 0 heterocycles. The zero-order valence-corrected chi connectivity index (χ0v) is 12.7. The zero-order valence-electron chi connectivity index (χ0n) is 12.7. The number of benzene rings is 2. The Balaban J connectivity index is 2.10. The van der Waals surface area contributed by atoms with Crippen LogP contribution in [0.3, 0.4) is 0 Å². The SMILES string of the molecule is COc1cc(C(C)=O)ccc1OC(=O)/C=C/c1ccc(F)cc1. The molecule has 2 rings (SSSR count). The second-order valence-electron chi connectivity index (χ2n) is 4.73. The van der Waals surface area contributed by atoms with E-state index < -0.39 is 5.97 Å². The second kappa shape index (κ2) is 7.35. The number of methoxy groups -OCH3 is 1. The summed E-state index contributed by atoms with van der Waals surface area (Å²) in [6.07, 6.45) is 2.74. The van der Waals surface area contributed by atoms with Gasteiger partial charge in [0.15, 0.2) is 17.3 Å². The average Bonchev–Trinajstić information content (AvgIpc) is 2.54. The van der Waals surface area contributed by atoms with Crippen LogP contribution < -0.4 is 9.47 Å². The number of esters is 1. The van der Waals surface area contributed by atoms with Gasteiger partial charge in [0.25, 0.3) is 0 Å². The number of halogens is 1. The Morgan fingerprint density at radius 1 is 1.04 bits per heavy atom. The van der Waals surface area contributed by atoms with Gasteiger partial charge in [0, 0.05) is 11.6 Å². The molecular formula is C18H15FO4. The Hall–Kier alpha value is -2.95. The minimum atomic E-state index is -0.608. The van der Waals surface area contributed by atoms with E-state index in [1.165, 1.54) is 50.5 Å². The lowest BCUT2D eigenvalue weighted by molar-refractivity contribution is -0.129. The van der Waals surface area contributed by atoms with Gasteiger partial charge in [0.1, 0.15) is 5.82 Å². The molecule has 0 bridgehead atoms. The molecule has 0 atom stereocenters. The third kappa shape index (κ3) is 4.51. The van der Waals surface area contributed by atoms with Crippen LogP contribution in [0.2, 0.25) is 0 Å². The molecule has 5 heteroatoms. The summed E-state index contributed by atoms with van der Waals surface area (Å²) in [5.74, 6) is -0.562. The summed E-state index contributed by atoms with van der Waals surface area (Å²) in [5, 5.41) is 0. The van der Waals surface area contributed by atoms with E-state index in [2.05, 4.69) is 0 Å². The van der Waals surface area contributed by atoms with Crippen molar-refractivity contribution in [3.8, 4) is 11.5 Å². The molecular weight excluding hydrogens is 299 g/mol. The molecule has 0 saturated carbocycles. The van der Waals surface area contributed by atoms with Crippen molar-refractivity contribution in [3.63, 3.8) is 0 Å². The maximum atomic E-state index is 12.8. The topological polar surface area (TPSA) is 52.6 Å². The largest absolute Gasteiger partial charge is 0.493 e. The van der Waals surface area contributed by atoms with Gasteiger partial charge in [-0.05, 0) is 48.9 Å². The van der Waals surface area contributed by atoms with Crippen molar-refractivity contribution in [2.45, 2.75) is 6.92 Å². The summed E-state index contributed by atoms with van der Waals surface area (Å²) in [4.78, 5) is 23.2. The molecule has 2 aromatic rings. The first-order valence-corrected chi connectivity index (χ1v) is 6.84. The highest BCUT2D eigenvalue weighted by Crippen LogP contribution is 2.28. The first kappa shape index (κ1) is 16.4. The van der Waals surface area contributed by atoms with Gasteiger partial charge < -0.3 is 9.47 Å². The minimum Gasteiger partial charge on any atom is -0.493 e. The van der Waals surface area contributed by atoms with Crippen LogP contribution in [0.4, 0.5) is 4.39 Å². The van der Waals surface area contributed by atoms with Crippen LogP contribution >= 0.6 is 0 Å². The molecule has 0 aromatic heterocycles. The summed E-state index contributed by atoms with van der Waals surface area (Å²) in [5.41, 5.74) is 1.13. The zero-order chi connectivity index (χ0) is 16.8. The minimum absolute atomic E-state index is 0.114. The molecule has 0 spiro atoms. The highest BCUT2D eigenvalue weighted by Gasteiger charge is 2.10. The Morgan fingerprint density at radius 3 is 2.35 bits per heavy atom. The van der Waals surface area contributed by atoms with E-state index in [0.29, 0.717) is 16.9 Å². The highest BCUT2D eigenvalue weighted by atomic mass is 19.1. The van der Waals surface area contributed by atoms with Crippen LogP contribution in [0.5, 0.6) is 11.5 Å². The number of hydrogen-bond acceptors (Lipinski definition) is 4. The molecule has 0 radical (unpaired) electrons. The van der Waals surface area contributed by atoms with E-state index in [1.54, 1.807) is 18.2 Å². The maximum Gasteiger partial charge on any atom is 0.336 e. The van der Waals surface area contributed by atoms with E-state index in [4.69, 9.17) is 9.47 Å². The maximum absolute atomic E-state index is 12.8. The van der Waals surface area contributed by atoms with Crippen molar-refractivity contribution in [3.05, 3.63) is 65.5 Å². The molecule has 0 aliphatic carbocycles. The van der Waals surface area contributed by atoms with E-state index in [0.717, 1.165) is 0 Å². The van der Waals surface area contributed by atoms with Crippen molar-refractivity contribution in [1.29, 1.82) is 0 Å². The lowest BCUT2D eigenvalue weighted by Gasteiger charge is -2.08. The summed E-state index contributed by atoms with van der Waals surface area (Å²) in [6.45, 7) is 1.44. The van der Waals surface area contributed by atoms with Crippen LogP contribution in [-0.4, -0.2) is 18.9 Å². The van der Waals surface area contributed by atoms with Crippen LogP contribution in [0.25, 0.3) is 6.08 Å². The number of carbonyl (C=O) groups is 2. The number of hydrogen-bond donors (Lipinski definition) is 0. The molecule has 118 valence electrons. The fourth-order valence-corrected chi connectivity index (χ4v) is 1.85. The summed E-state index contributed by atoms with van der Waals surface area (Å²) in [7, 11) is 1.42. The van der Waals surface area contributed by atoms with Gasteiger partial charge in [0.2, 0.25) is 0 Å². The Bertz CT molecular complexity index is 748. The van der Waals surface area contributed by atoms with Gasteiger partial charge in [-0.25, -0.2) is 9.18 Å². The van der Waals surface area contributed by atoms with Gasteiger partial charge in [-0.15, -0.1) is 0 Å². The van der Waals surface area contributed by atoms with Gasteiger partial charge >= 0.3 is 5.97 Å². The second-order valence-corrected chi connectivity index (χ2v) is 4.73. The lowest BCUT2D eigenvalue weighted by atomic mass is 10.1. The fourth-order valence-electron chi connectivity index (χ4n) is 1.85. The summed E-state index contributed by atoms with van der Waals surface area (Å²) >= 11 is 0. The number of Topliss-reactive ketones (excluding diaryl/α,β-unsaturated/α-hetero) is 1. The molecule has 0 fully saturated rings. The Kier molecular flexibility index (Phi) is 5.25. The van der Waals surface area contributed by atoms with E-state index in [1.807, 2.05) is 0 Å². The quantitative estimate of drug-likeness (QED) is 0.366. The monoisotopic (exact) mass is 314 g/mol. The predicted octanol–water partition coefficient (Wildman–Crippen LogP) is 3.66. The van der Waals surface area contributed by atoms with E-state index in [-0.39, 0.29) is 17.3 Å². The molecule has 0 aliphatic heterocycles. The number of ether oxygens (including phenoxy) is 2. The molecule has 0 unspecified atom stereocenters. The lowest BCUT2D eigenvalue weighted by Crippen LogP contribution is -2.05. The third-order valence-electron chi connectivity index (χ3n) is 3.06. The Morgan fingerprint density at radius 2 is 1.74 bits per heavy atom. The average molecular weight is 314 g/mol. The van der Waals surface area contributed by atoms with E-state index in [9.17, 15) is 14.0 Å². The van der Waals surface area contributed by atoms with Crippen LogP contribution in [0.15, 0.2) is 48.5 Å². The van der Waals surface area contributed by atoms with Crippen LogP contribution in [0, 0.1) is 5.82 Å². The smallest absolute Gasteiger partial charge is 0.336 e. The van der Waals surface area contributed by atoms with Gasteiger partial charge in [0.05, 0.1) is 7.11 Å². The first-order valence-electron chi connectivity index (χ1n) is 6.84. The van der Waals surface area contributed by atoms with E-state index >= 15 is 0 Å². The van der Waals surface area contributed by atoms with Crippen molar-refractivity contribution in [2.24, 2.45) is 0 Å². The van der Waals surface area contributed by atoms with Gasteiger partial charge in [-0.3, -0.25) is 4.79 Å². The predicted molar refractivity (Wildman–Crippen MR) is 84.1 cm³/mol. The highest BCUT2D eigenvalue weighted by molar-refractivity contribution is 5.95. The molecule has 2 aromatic carbocycles. The van der Waals surface area contributed by atoms with Crippen LogP contribution in [0.1, 0.15) is 22.8 Å². The summed E-state index contributed by atoms with van der Waals surface area (Å²) < 4.78 is 23.1. The normalized spacial score (nSPS) is 10.6. The van der Waals surface area contributed by atoms with Gasteiger partial charge in [-0.1, -0.05) is 12.1 Å². The summed E-state index contributed by atoms with van der Waals surface area (Å²) in [6, 6.07) is 10.2. The molecule has 0 aliphatic rings. The molecule has 4 nitrogen and oxygen atoms in total. The molecule has 0 amide bonds. The molecule has 0 saturated heterocycles. The molecule has 23 heavy (non-hydrogen) atoms. The first-order chi connectivity index (χ1) is 11.0. The van der Waals surface area contributed by atoms with Gasteiger partial charge in [-0.2, -0.15) is 0 Å². The Labute approximate surface area is 133 Å². The third-order valence-corrected chi connectivity index (χ3v) is 3.06. The number of ketones is 1. The number of carbonyl (C=O) groups excluding carboxylic acids is 2.